The average molecular weight is 1120 g/mol. The Balaban J connectivity index is 1.05. The molecule has 10 unspecified atom stereocenters. The highest BCUT2D eigenvalue weighted by molar-refractivity contribution is 9.09. The maximum absolute atomic E-state index is 4.20. The van der Waals surface area contributed by atoms with Crippen molar-refractivity contribution >= 4 is 31.9 Å². The molecular weight excluding hydrogens is 1000 g/mol. The van der Waals surface area contributed by atoms with Crippen molar-refractivity contribution in [3.8, 4) is 0 Å². The van der Waals surface area contributed by atoms with Gasteiger partial charge in [-0.2, -0.15) is 0 Å². The molecule has 0 saturated heterocycles. The topological polar surface area (TPSA) is 6.48 Å². The molecule has 0 radical (unpaired) electrons. The van der Waals surface area contributed by atoms with Crippen LogP contribution in [0.1, 0.15) is 276 Å². The quantitative estimate of drug-likeness (QED) is 0.224. The summed E-state index contributed by atoms with van der Waals surface area (Å²) in [6.07, 6.45) is 44.9. The van der Waals surface area contributed by atoms with E-state index in [-0.39, 0.29) is 0 Å². The third-order valence-corrected chi connectivity index (χ3v) is 27.8. The Morgan fingerprint density at radius 2 is 0.500 bits per heavy atom. The fourth-order valence-corrected chi connectivity index (χ4v) is 22.9. The number of halogens is 2. The van der Waals surface area contributed by atoms with Crippen molar-refractivity contribution in [3.63, 3.8) is 0 Å². The molecule has 10 rings (SSSR count). The summed E-state index contributed by atoms with van der Waals surface area (Å²) in [5.41, 5.74) is 1.81. The fourth-order valence-electron chi connectivity index (χ4n) is 21.9. The lowest BCUT2D eigenvalue weighted by Crippen LogP contribution is -2.67. The summed E-state index contributed by atoms with van der Waals surface area (Å²) in [4.78, 5) is 8.52. The Morgan fingerprint density at radius 3 is 0.764 bits per heavy atom. The first-order valence-electron chi connectivity index (χ1n) is 32.9. The van der Waals surface area contributed by atoms with Crippen LogP contribution in [-0.4, -0.2) is 55.7 Å². The number of alkyl halides is 2. The smallest absolute Gasteiger partial charge is 0.0147 e. The second-order valence-corrected chi connectivity index (χ2v) is 35.9. The summed E-state index contributed by atoms with van der Waals surface area (Å²) in [7, 11) is 0. The SMILES string of the molecule is CC(C)(C)C1CCC(C2CC(N(C3CCC(Br)CC3)C3CCC(C(C)(C)C)CC3)C3CCC4C(C5CCC(C(C)(C)C)CC5)CC(N(C5CCC(Br)CC5)C5CCC(C(C)(C)C)CC5)C5CCC2C3C45)CC1. The lowest BCUT2D eigenvalue weighted by molar-refractivity contribution is -0.190. The van der Waals surface area contributed by atoms with Crippen LogP contribution in [0.25, 0.3) is 0 Å². The van der Waals surface area contributed by atoms with E-state index >= 15 is 0 Å². The highest BCUT2D eigenvalue weighted by atomic mass is 79.9. The molecule has 4 heteroatoms. The van der Waals surface area contributed by atoms with Crippen LogP contribution in [0.5, 0.6) is 0 Å². The lowest BCUT2D eigenvalue weighted by atomic mass is 9.41. The number of hydrogen-bond acceptors (Lipinski definition) is 2. The Labute approximate surface area is 464 Å². The van der Waals surface area contributed by atoms with Crippen molar-refractivity contribution < 1.29 is 0 Å². The molecule has 0 bridgehead atoms. The van der Waals surface area contributed by atoms with Gasteiger partial charge >= 0.3 is 0 Å². The maximum Gasteiger partial charge on any atom is 0.0147 e. The predicted molar refractivity (Wildman–Crippen MR) is 317 cm³/mol. The highest BCUT2D eigenvalue weighted by Crippen LogP contribution is 2.67. The van der Waals surface area contributed by atoms with Gasteiger partial charge in [0, 0.05) is 45.9 Å². The molecule has 10 saturated carbocycles. The zero-order valence-electron chi connectivity index (χ0n) is 49.6. The molecule has 0 amide bonds. The van der Waals surface area contributed by atoms with Crippen molar-refractivity contribution in [3.05, 3.63) is 0 Å². The van der Waals surface area contributed by atoms with E-state index in [0.29, 0.717) is 21.7 Å². The molecule has 10 fully saturated rings. The zero-order chi connectivity index (χ0) is 51.1. The molecule has 72 heavy (non-hydrogen) atoms. The predicted octanol–water partition coefficient (Wildman–Crippen LogP) is 20.0. The molecule has 0 aromatic carbocycles. The van der Waals surface area contributed by atoms with E-state index in [4.69, 9.17) is 0 Å². The van der Waals surface area contributed by atoms with E-state index in [0.717, 1.165) is 129 Å². The third-order valence-electron chi connectivity index (χ3n) is 26.0. The van der Waals surface area contributed by atoms with Crippen LogP contribution in [0, 0.1) is 105 Å². The minimum atomic E-state index is 0.446. The summed E-state index contributed by atoms with van der Waals surface area (Å²) >= 11 is 8.39. The molecule has 0 aliphatic heterocycles. The van der Waals surface area contributed by atoms with Gasteiger partial charge in [0.1, 0.15) is 0 Å². The zero-order valence-corrected chi connectivity index (χ0v) is 52.7. The monoisotopic (exact) mass is 1120 g/mol. The molecule has 414 valence electrons. The summed E-state index contributed by atoms with van der Waals surface area (Å²) in [6, 6.07) is 4.96. The van der Waals surface area contributed by atoms with E-state index in [9.17, 15) is 0 Å². The fraction of sp³-hybridized carbons (Fsp3) is 1.00. The van der Waals surface area contributed by atoms with Crippen LogP contribution in [0.4, 0.5) is 0 Å². The molecule has 0 heterocycles. The highest BCUT2D eigenvalue weighted by Gasteiger charge is 2.63. The van der Waals surface area contributed by atoms with Gasteiger partial charge in [0.25, 0.3) is 0 Å². The van der Waals surface area contributed by atoms with Gasteiger partial charge in [-0.15, -0.1) is 0 Å². The van der Waals surface area contributed by atoms with Gasteiger partial charge in [0.2, 0.25) is 0 Å². The van der Waals surface area contributed by atoms with Crippen LogP contribution in [0.15, 0.2) is 0 Å². The summed E-state index contributed by atoms with van der Waals surface area (Å²) in [5, 5.41) is 0. The minimum Gasteiger partial charge on any atom is -0.294 e. The largest absolute Gasteiger partial charge is 0.294 e. The van der Waals surface area contributed by atoms with Gasteiger partial charge in [0.15, 0.2) is 0 Å². The van der Waals surface area contributed by atoms with Crippen LogP contribution in [-0.2, 0) is 0 Å². The van der Waals surface area contributed by atoms with E-state index in [1.807, 2.05) is 0 Å². The van der Waals surface area contributed by atoms with Crippen LogP contribution in [0.3, 0.4) is 0 Å². The van der Waals surface area contributed by atoms with E-state index in [1.165, 1.54) is 128 Å². The van der Waals surface area contributed by atoms with Crippen LogP contribution < -0.4 is 0 Å². The molecule has 10 atom stereocenters. The lowest BCUT2D eigenvalue weighted by Gasteiger charge is -2.68. The third kappa shape index (κ3) is 11.9. The first-order chi connectivity index (χ1) is 34.0. The first kappa shape index (κ1) is 56.2. The second-order valence-electron chi connectivity index (χ2n) is 33.3. The van der Waals surface area contributed by atoms with E-state index in [2.05, 4.69) is 125 Å². The van der Waals surface area contributed by atoms with Crippen LogP contribution >= 0.6 is 31.9 Å². The van der Waals surface area contributed by atoms with Crippen molar-refractivity contribution in [2.75, 3.05) is 0 Å². The van der Waals surface area contributed by atoms with Gasteiger partial charge in [-0.3, -0.25) is 9.80 Å². The summed E-state index contributed by atoms with van der Waals surface area (Å²) in [5.74, 6) is 13.4. The Hall–Kier alpha value is 0.880. The molecule has 2 nitrogen and oxygen atoms in total. The minimum absolute atomic E-state index is 0.446. The normalized spacial score (nSPS) is 47.0. The molecule has 0 N–H and O–H groups in total. The van der Waals surface area contributed by atoms with E-state index < -0.39 is 0 Å². The van der Waals surface area contributed by atoms with Gasteiger partial charge in [-0.25, -0.2) is 0 Å². The molecular formula is C68H118Br2N2. The Morgan fingerprint density at radius 1 is 0.264 bits per heavy atom. The number of nitrogens with zero attached hydrogens (tertiary/aromatic N) is 2. The van der Waals surface area contributed by atoms with Crippen LogP contribution in [0.2, 0.25) is 0 Å². The first-order valence-corrected chi connectivity index (χ1v) is 34.7. The van der Waals surface area contributed by atoms with Gasteiger partial charge in [0.05, 0.1) is 0 Å². The van der Waals surface area contributed by atoms with Crippen molar-refractivity contribution in [1.82, 2.24) is 9.80 Å². The molecule has 0 aromatic heterocycles. The van der Waals surface area contributed by atoms with Gasteiger partial charge in [-0.05, 0) is 297 Å². The molecule has 10 aliphatic rings. The molecule has 0 aromatic rings. The van der Waals surface area contributed by atoms with Gasteiger partial charge in [-0.1, -0.05) is 115 Å². The standard InChI is InChI=1S/C68H118Br2N2/c1-65(2,3)45-17-13-43(14-18-45)59-41-61(71(53-33-25-49(69)26-34-53)51-29-21-47(22-30-51)67(7,8)9)57-40-38-56-60(44-15-19-46(20-16-44)66(4,5)6)42-62(58-39-37-55(59)63(57)64(56)58)72(54-35-27-50(70)28-36-54)52-31-23-48(24-32-52)68(10,11)12/h43-64H,13-42H2,1-12H3. The molecule has 0 spiro atoms. The van der Waals surface area contributed by atoms with Gasteiger partial charge < -0.3 is 0 Å². The Kier molecular flexibility index (Phi) is 17.5. The summed E-state index contributed by atoms with van der Waals surface area (Å²) < 4.78 is 0. The van der Waals surface area contributed by atoms with E-state index in [1.54, 1.807) is 64.2 Å². The summed E-state index contributed by atoms with van der Waals surface area (Å²) in [6.45, 7) is 30.9. The average Bonchev–Trinajstić information content (AvgIpc) is 3.34. The van der Waals surface area contributed by atoms with Crippen molar-refractivity contribution in [2.24, 2.45) is 105 Å². The Bertz CT molecular complexity index is 1570. The van der Waals surface area contributed by atoms with Crippen molar-refractivity contribution in [1.29, 1.82) is 0 Å². The maximum atomic E-state index is 4.20. The van der Waals surface area contributed by atoms with Crippen molar-refractivity contribution in [2.45, 2.75) is 322 Å². The molecule has 10 aliphatic carbocycles. The number of rotatable bonds is 8. The number of hydrogen-bond donors (Lipinski definition) is 0. The second kappa shape index (κ2) is 22.4.